The maximum absolute atomic E-state index is 6.81. The minimum Gasteiger partial charge on any atom is -0.870 e. The Morgan fingerprint density at radius 3 is 1.25 bits per heavy atom. The van der Waals surface area contributed by atoms with Crippen LogP contribution in [0.2, 0.25) is 0 Å². The maximum Gasteiger partial charge on any atom is 1.00 e. The Morgan fingerprint density at radius 2 is 1.25 bits per heavy atom. The van der Waals surface area contributed by atoms with E-state index in [0.717, 1.165) is 0 Å². The summed E-state index contributed by atoms with van der Waals surface area (Å²) >= 11 is 1.94. The van der Waals surface area contributed by atoms with Crippen molar-refractivity contribution < 1.29 is 39.2 Å². The molecule has 4 heavy (non-hydrogen) atoms. The van der Waals surface area contributed by atoms with Gasteiger partial charge in [0.25, 0.3) is 0 Å². The summed E-state index contributed by atoms with van der Waals surface area (Å²) in [6.45, 7) is 0. The van der Waals surface area contributed by atoms with Crippen LogP contribution in [0.15, 0.2) is 0 Å². The Morgan fingerprint density at radius 1 is 1.25 bits per heavy atom. The van der Waals surface area contributed by atoms with Gasteiger partial charge < -0.3 is 9.67 Å². The van der Waals surface area contributed by atoms with Crippen LogP contribution in [0.3, 0.4) is 0 Å². The molecular weight excluding hydrogens is 135 g/mol. The smallest absolute Gasteiger partial charge is 0.870 e. The van der Waals surface area contributed by atoms with Crippen molar-refractivity contribution in [1.29, 1.82) is 0 Å². The van der Waals surface area contributed by atoms with Gasteiger partial charge in [0, 0.05) is 0 Å². The van der Waals surface area contributed by atoms with Crippen LogP contribution in [0.25, 0.3) is 0 Å². The zero-order chi connectivity index (χ0) is 2.00. The van der Waals surface area contributed by atoms with E-state index in [1.165, 1.54) is 0 Å². The summed E-state index contributed by atoms with van der Waals surface area (Å²) in [5.74, 6) is 0. The molecule has 2 N–H and O–H groups in total. The SMILES string of the molecule is OBr.[Na+].[OH-]. The molecule has 0 radical (unpaired) electrons. The molecule has 0 aromatic rings. The molecule has 0 aromatic carbocycles. The van der Waals surface area contributed by atoms with Crippen LogP contribution in [0, 0.1) is 0 Å². The van der Waals surface area contributed by atoms with Gasteiger partial charge in [-0.05, 0) is 0 Å². The first-order valence-corrected chi connectivity index (χ1v) is 0.878. The second kappa shape index (κ2) is 26.0. The van der Waals surface area contributed by atoms with Gasteiger partial charge in [0.05, 0.1) is 16.3 Å². The van der Waals surface area contributed by atoms with Gasteiger partial charge in [-0.3, -0.25) is 0 Å². The van der Waals surface area contributed by atoms with Gasteiger partial charge in [-0.15, -0.1) is 0 Å². The van der Waals surface area contributed by atoms with E-state index in [2.05, 4.69) is 0 Å². The number of hydrogen-bond acceptors (Lipinski definition) is 2. The zero-order valence-corrected chi connectivity index (χ0v) is 5.86. The molecule has 0 saturated heterocycles. The van der Waals surface area contributed by atoms with Crippen molar-refractivity contribution in [1.82, 2.24) is 0 Å². The van der Waals surface area contributed by atoms with Crippen molar-refractivity contribution in [3.05, 3.63) is 0 Å². The monoisotopic (exact) mass is 136 g/mol. The molecular formula is H2BrNaO2. The summed E-state index contributed by atoms with van der Waals surface area (Å²) in [4.78, 5) is 0. The summed E-state index contributed by atoms with van der Waals surface area (Å²) in [6.07, 6.45) is 0. The van der Waals surface area contributed by atoms with Crippen LogP contribution in [0.4, 0.5) is 0 Å². The topological polar surface area (TPSA) is 50.2 Å². The van der Waals surface area contributed by atoms with Gasteiger partial charge in [-0.25, -0.2) is 0 Å². The van der Waals surface area contributed by atoms with E-state index in [9.17, 15) is 0 Å². The molecule has 0 unspecified atom stereocenters. The normalized spacial score (nSPS) is 1.50. The molecule has 22 valence electrons. The second-order valence-corrected chi connectivity index (χ2v) is 0. The van der Waals surface area contributed by atoms with E-state index in [1.807, 2.05) is 16.3 Å². The Balaban J connectivity index is -0.00000000500. The van der Waals surface area contributed by atoms with Gasteiger partial charge in [0.1, 0.15) is 0 Å². The fraction of sp³-hybridized carbons (Fsp3) is 0. The molecule has 2 nitrogen and oxygen atoms in total. The van der Waals surface area contributed by atoms with Gasteiger partial charge in [-0.2, -0.15) is 0 Å². The Labute approximate surface area is 55.3 Å². The summed E-state index contributed by atoms with van der Waals surface area (Å²) < 4.78 is 6.81. The summed E-state index contributed by atoms with van der Waals surface area (Å²) in [7, 11) is 0. The minimum absolute atomic E-state index is 0. The summed E-state index contributed by atoms with van der Waals surface area (Å²) in [6, 6.07) is 0. The third-order valence-corrected chi connectivity index (χ3v) is 0. The predicted molar refractivity (Wildman–Crippen MR) is 13.1 cm³/mol. The van der Waals surface area contributed by atoms with E-state index in [1.54, 1.807) is 0 Å². The van der Waals surface area contributed by atoms with Crippen molar-refractivity contribution in [2.45, 2.75) is 0 Å². The number of hydrogen-bond donors (Lipinski definition) is 1. The Kier molecular flexibility index (Phi) is 118. The molecule has 0 bridgehead atoms. The second-order valence-electron chi connectivity index (χ2n) is 0. The average Bonchev–Trinajstić information content (AvgIpc) is 1.00. The van der Waals surface area contributed by atoms with E-state index in [4.69, 9.17) is 4.20 Å². The maximum atomic E-state index is 6.81. The molecule has 0 heterocycles. The molecule has 0 aliphatic carbocycles. The molecule has 0 amide bonds. The molecule has 0 spiro atoms. The predicted octanol–water partition coefficient (Wildman–Crippen LogP) is -2.88. The summed E-state index contributed by atoms with van der Waals surface area (Å²) in [5.41, 5.74) is 0. The summed E-state index contributed by atoms with van der Waals surface area (Å²) in [5, 5.41) is 0. The molecule has 0 aliphatic rings. The molecule has 0 rings (SSSR count). The third kappa shape index (κ3) is 9.99. The third-order valence-electron chi connectivity index (χ3n) is 0. The van der Waals surface area contributed by atoms with Crippen LogP contribution in [0.5, 0.6) is 0 Å². The zero-order valence-electron chi connectivity index (χ0n) is 2.27. The van der Waals surface area contributed by atoms with E-state index in [-0.39, 0.29) is 35.0 Å². The largest absolute Gasteiger partial charge is 1.00 e. The molecule has 0 fully saturated rings. The molecule has 0 atom stereocenters. The molecule has 0 aromatic heterocycles. The van der Waals surface area contributed by atoms with Gasteiger partial charge in [-0.1, -0.05) is 0 Å². The van der Waals surface area contributed by atoms with E-state index < -0.39 is 0 Å². The first-order chi connectivity index (χ1) is 1.00. The van der Waals surface area contributed by atoms with Gasteiger partial charge in [0.2, 0.25) is 0 Å². The van der Waals surface area contributed by atoms with E-state index >= 15 is 0 Å². The van der Waals surface area contributed by atoms with Crippen LogP contribution in [-0.4, -0.2) is 9.67 Å². The Bertz CT molecular complexity index is 6.00. The molecule has 4 heteroatoms. The molecule has 0 saturated carbocycles. The van der Waals surface area contributed by atoms with Crippen LogP contribution in [0.1, 0.15) is 0 Å². The fourth-order valence-corrected chi connectivity index (χ4v) is 0. The quantitative estimate of drug-likeness (QED) is 0.364. The van der Waals surface area contributed by atoms with Crippen molar-refractivity contribution >= 4 is 16.3 Å². The van der Waals surface area contributed by atoms with Crippen molar-refractivity contribution in [3.8, 4) is 0 Å². The standard InChI is InChI=1S/BrHO.Na.H2O/c1-2;;/h2H;;1H2/q;+1;/p-1. The van der Waals surface area contributed by atoms with Crippen LogP contribution in [-0.2, 0) is 0 Å². The Hall–Kier alpha value is 1.40. The fourth-order valence-electron chi connectivity index (χ4n) is 0. The average molecular weight is 137 g/mol. The van der Waals surface area contributed by atoms with Crippen molar-refractivity contribution in [3.63, 3.8) is 0 Å². The minimum atomic E-state index is 0. The van der Waals surface area contributed by atoms with Gasteiger partial charge >= 0.3 is 29.6 Å². The number of halogens is 1. The first kappa shape index (κ1) is 18.2. The van der Waals surface area contributed by atoms with Crippen molar-refractivity contribution in [2.75, 3.05) is 0 Å². The van der Waals surface area contributed by atoms with Gasteiger partial charge in [0.15, 0.2) is 0 Å². The van der Waals surface area contributed by atoms with Crippen molar-refractivity contribution in [2.24, 2.45) is 0 Å². The first-order valence-electron chi connectivity index (χ1n) is 0.169. The van der Waals surface area contributed by atoms with E-state index in [0.29, 0.717) is 0 Å². The van der Waals surface area contributed by atoms with Crippen LogP contribution < -0.4 is 29.6 Å². The van der Waals surface area contributed by atoms with Crippen LogP contribution >= 0.6 is 16.3 Å². The molecule has 0 aliphatic heterocycles. The number of rotatable bonds is 0.